The van der Waals surface area contributed by atoms with Crippen molar-refractivity contribution in [2.75, 3.05) is 0 Å². The van der Waals surface area contributed by atoms with Gasteiger partial charge < -0.3 is 10.1 Å². The summed E-state index contributed by atoms with van der Waals surface area (Å²) in [4.78, 5) is 22.9. The van der Waals surface area contributed by atoms with Gasteiger partial charge in [-0.2, -0.15) is 0 Å². The molecule has 0 atom stereocenters. The summed E-state index contributed by atoms with van der Waals surface area (Å²) < 4.78 is 0. The van der Waals surface area contributed by atoms with Gasteiger partial charge in [0.15, 0.2) is 5.82 Å². The third-order valence-corrected chi connectivity index (χ3v) is 3.79. The predicted octanol–water partition coefficient (Wildman–Crippen LogP) is 4.02. The third-order valence-electron chi connectivity index (χ3n) is 3.79. The lowest BCUT2D eigenvalue weighted by atomic mass is 9.87. The molecule has 0 unspecified atom stereocenters. The van der Waals surface area contributed by atoms with Crippen LogP contribution in [0.4, 0.5) is 0 Å². The first-order valence-corrected chi connectivity index (χ1v) is 7.70. The van der Waals surface area contributed by atoms with E-state index in [1.54, 1.807) is 12.3 Å². The predicted molar refractivity (Wildman–Crippen MR) is 94.7 cm³/mol. The van der Waals surface area contributed by atoms with Gasteiger partial charge in [-0.15, -0.1) is 0 Å². The summed E-state index contributed by atoms with van der Waals surface area (Å²) in [6.07, 6.45) is 4.47. The van der Waals surface area contributed by atoms with E-state index in [1.165, 1.54) is 5.56 Å². The molecule has 5 nitrogen and oxygen atoms in total. The van der Waals surface area contributed by atoms with E-state index in [2.05, 4.69) is 35.7 Å². The molecule has 0 saturated heterocycles. The molecular formula is C19H19N3O2. The smallest absolute Gasteiger partial charge is 0.328 e. The summed E-state index contributed by atoms with van der Waals surface area (Å²) in [5.74, 6) is -0.265. The number of H-pyrrole nitrogens is 1. The highest BCUT2D eigenvalue weighted by Crippen LogP contribution is 2.26. The van der Waals surface area contributed by atoms with Crippen molar-refractivity contribution in [2.24, 2.45) is 0 Å². The quantitative estimate of drug-likeness (QED) is 0.714. The van der Waals surface area contributed by atoms with E-state index in [-0.39, 0.29) is 5.41 Å². The minimum Gasteiger partial charge on any atom is -0.478 e. The van der Waals surface area contributed by atoms with Crippen LogP contribution in [0.2, 0.25) is 0 Å². The number of nitrogens with one attached hydrogen (secondary N) is 1. The molecule has 0 radical (unpaired) electrons. The Labute approximate surface area is 140 Å². The van der Waals surface area contributed by atoms with Crippen LogP contribution in [0.15, 0.2) is 42.6 Å². The van der Waals surface area contributed by atoms with Gasteiger partial charge in [0.1, 0.15) is 5.69 Å². The zero-order valence-electron chi connectivity index (χ0n) is 13.9. The molecule has 2 aromatic heterocycles. The van der Waals surface area contributed by atoms with Crippen molar-refractivity contribution in [3.8, 4) is 11.5 Å². The molecule has 3 aromatic rings. The molecule has 2 N–H and O–H groups in total. The van der Waals surface area contributed by atoms with Crippen LogP contribution in [-0.4, -0.2) is 26.0 Å². The topological polar surface area (TPSA) is 78.9 Å². The van der Waals surface area contributed by atoms with Gasteiger partial charge >= 0.3 is 5.97 Å². The molecule has 1 aromatic carbocycles. The van der Waals surface area contributed by atoms with Gasteiger partial charge in [0, 0.05) is 12.3 Å². The standard InChI is InChI=1S/C19H19N3O2/c1-19(2,3)13-8-9-20-16(11-13)18-21-14-6-4-12(5-7-17(23)24)10-15(14)22-18/h4-11H,1-3H3,(H,21,22)(H,23,24)/b7-5+. The van der Waals surface area contributed by atoms with Crippen LogP contribution in [0.3, 0.4) is 0 Å². The number of hydrogen-bond acceptors (Lipinski definition) is 3. The van der Waals surface area contributed by atoms with Crippen molar-refractivity contribution in [3.05, 3.63) is 53.7 Å². The fourth-order valence-corrected chi connectivity index (χ4v) is 2.45. The molecule has 0 spiro atoms. The number of imidazole rings is 1. The summed E-state index contributed by atoms with van der Waals surface area (Å²) in [6, 6.07) is 9.64. The summed E-state index contributed by atoms with van der Waals surface area (Å²) in [5, 5.41) is 8.72. The summed E-state index contributed by atoms with van der Waals surface area (Å²) >= 11 is 0. The number of aromatic amines is 1. The van der Waals surface area contributed by atoms with Gasteiger partial charge in [0.2, 0.25) is 0 Å². The van der Waals surface area contributed by atoms with Gasteiger partial charge in [-0.1, -0.05) is 26.8 Å². The lowest BCUT2D eigenvalue weighted by Crippen LogP contribution is -2.11. The molecule has 0 bridgehead atoms. The SMILES string of the molecule is CC(C)(C)c1ccnc(-c2nc3ccc(/C=C/C(=O)O)cc3[nH]2)c1. The van der Waals surface area contributed by atoms with E-state index in [9.17, 15) is 4.79 Å². The number of aromatic nitrogens is 3. The Morgan fingerprint density at radius 3 is 2.71 bits per heavy atom. The first-order chi connectivity index (χ1) is 11.3. The van der Waals surface area contributed by atoms with Crippen molar-refractivity contribution in [3.63, 3.8) is 0 Å². The van der Waals surface area contributed by atoms with E-state index in [0.717, 1.165) is 28.4 Å². The van der Waals surface area contributed by atoms with Crippen molar-refractivity contribution in [1.29, 1.82) is 0 Å². The Morgan fingerprint density at radius 2 is 2.00 bits per heavy atom. The summed E-state index contributed by atoms with van der Waals surface area (Å²) in [7, 11) is 0. The van der Waals surface area contributed by atoms with Crippen LogP contribution in [0.1, 0.15) is 31.9 Å². The van der Waals surface area contributed by atoms with Crippen molar-refractivity contribution in [2.45, 2.75) is 26.2 Å². The van der Waals surface area contributed by atoms with Crippen LogP contribution in [-0.2, 0) is 10.2 Å². The maximum Gasteiger partial charge on any atom is 0.328 e. The molecule has 122 valence electrons. The number of fused-ring (bicyclic) bond motifs is 1. The van der Waals surface area contributed by atoms with Gasteiger partial charge in [-0.05, 0) is 46.9 Å². The lowest BCUT2D eigenvalue weighted by molar-refractivity contribution is -0.131. The molecule has 24 heavy (non-hydrogen) atoms. The molecule has 3 rings (SSSR count). The number of rotatable bonds is 3. The zero-order valence-corrected chi connectivity index (χ0v) is 13.9. The van der Waals surface area contributed by atoms with Gasteiger partial charge in [-0.25, -0.2) is 9.78 Å². The largest absolute Gasteiger partial charge is 0.478 e. The Morgan fingerprint density at radius 1 is 1.21 bits per heavy atom. The number of aliphatic carboxylic acids is 1. The highest BCUT2D eigenvalue weighted by molar-refractivity contribution is 5.87. The van der Waals surface area contributed by atoms with Crippen LogP contribution in [0.5, 0.6) is 0 Å². The molecule has 0 amide bonds. The Kier molecular flexibility index (Phi) is 3.93. The van der Waals surface area contributed by atoms with Crippen LogP contribution in [0.25, 0.3) is 28.6 Å². The average Bonchev–Trinajstić information content (AvgIpc) is 2.95. The van der Waals surface area contributed by atoms with Crippen molar-refractivity contribution in [1.82, 2.24) is 15.0 Å². The van der Waals surface area contributed by atoms with Crippen LogP contribution in [0, 0.1) is 0 Å². The number of pyridine rings is 1. The molecular weight excluding hydrogens is 302 g/mol. The van der Waals surface area contributed by atoms with Crippen LogP contribution < -0.4 is 0 Å². The summed E-state index contributed by atoms with van der Waals surface area (Å²) in [5.41, 5.74) is 4.50. The van der Waals surface area contributed by atoms with Crippen LogP contribution >= 0.6 is 0 Å². The second-order valence-corrected chi connectivity index (χ2v) is 6.71. The number of nitrogens with zero attached hydrogens (tertiary/aromatic N) is 2. The van der Waals surface area contributed by atoms with Crippen molar-refractivity contribution >= 4 is 23.1 Å². The first kappa shape index (κ1) is 15.9. The molecule has 0 saturated carbocycles. The Bertz CT molecular complexity index is 933. The second-order valence-electron chi connectivity index (χ2n) is 6.71. The normalized spacial score (nSPS) is 12.1. The fraction of sp³-hybridized carbons (Fsp3) is 0.211. The maximum absolute atomic E-state index is 10.6. The Hall–Kier alpha value is -2.95. The average molecular weight is 321 g/mol. The second kappa shape index (κ2) is 5.92. The monoisotopic (exact) mass is 321 g/mol. The fourth-order valence-electron chi connectivity index (χ4n) is 2.45. The van der Waals surface area contributed by atoms with E-state index in [1.807, 2.05) is 30.3 Å². The minimum atomic E-state index is -0.969. The highest BCUT2D eigenvalue weighted by Gasteiger charge is 2.15. The van der Waals surface area contributed by atoms with E-state index in [4.69, 9.17) is 5.11 Å². The van der Waals surface area contributed by atoms with Gasteiger partial charge in [0.05, 0.1) is 11.0 Å². The highest BCUT2D eigenvalue weighted by atomic mass is 16.4. The number of benzene rings is 1. The van der Waals surface area contributed by atoms with Crippen molar-refractivity contribution < 1.29 is 9.90 Å². The summed E-state index contributed by atoms with van der Waals surface area (Å²) in [6.45, 7) is 6.48. The number of carbonyl (C=O) groups is 1. The molecule has 0 fully saturated rings. The zero-order chi connectivity index (χ0) is 17.3. The molecule has 5 heteroatoms. The van der Waals surface area contributed by atoms with Gasteiger partial charge in [0.25, 0.3) is 0 Å². The van der Waals surface area contributed by atoms with E-state index >= 15 is 0 Å². The molecule has 2 heterocycles. The molecule has 0 aliphatic heterocycles. The number of carboxylic acids is 1. The Balaban J connectivity index is 2.01. The third kappa shape index (κ3) is 3.35. The first-order valence-electron chi connectivity index (χ1n) is 7.70. The molecule has 0 aliphatic rings. The number of hydrogen-bond donors (Lipinski definition) is 2. The minimum absolute atomic E-state index is 0.0402. The lowest BCUT2D eigenvalue weighted by Gasteiger charge is -2.18. The van der Waals surface area contributed by atoms with E-state index < -0.39 is 5.97 Å². The maximum atomic E-state index is 10.6. The molecule has 0 aliphatic carbocycles. The number of carboxylic acid groups (broad SMARTS) is 1. The van der Waals surface area contributed by atoms with E-state index in [0.29, 0.717) is 5.82 Å². The van der Waals surface area contributed by atoms with Gasteiger partial charge in [-0.3, -0.25) is 4.98 Å².